The second-order valence-electron chi connectivity index (χ2n) is 4.19. The van der Waals surface area contributed by atoms with Gasteiger partial charge >= 0.3 is 0 Å². The first-order valence-corrected chi connectivity index (χ1v) is 7.18. The van der Waals surface area contributed by atoms with Gasteiger partial charge in [0.25, 0.3) is 0 Å². The number of hydrogen-bond donors (Lipinski definition) is 0. The molecule has 0 bridgehead atoms. The van der Waals surface area contributed by atoms with Crippen LogP contribution >= 0.6 is 27.3 Å². The highest BCUT2D eigenvalue weighted by molar-refractivity contribution is 9.09. The SMILES string of the molecule is Cc1nc2cc(N3CC(Br)CC3=O)ccc2s1. The van der Waals surface area contributed by atoms with Crippen molar-refractivity contribution in [2.45, 2.75) is 18.2 Å². The first kappa shape index (κ1) is 11.2. The van der Waals surface area contributed by atoms with Crippen molar-refractivity contribution in [3.63, 3.8) is 0 Å². The molecular formula is C12H11BrN2OS. The van der Waals surface area contributed by atoms with Gasteiger partial charge in [0, 0.05) is 23.5 Å². The summed E-state index contributed by atoms with van der Waals surface area (Å²) < 4.78 is 1.17. The fourth-order valence-electron chi connectivity index (χ4n) is 2.11. The second kappa shape index (κ2) is 4.07. The lowest BCUT2D eigenvalue weighted by molar-refractivity contribution is -0.117. The molecule has 1 aliphatic rings. The number of thiazole rings is 1. The normalized spacial score (nSPS) is 20.5. The lowest BCUT2D eigenvalue weighted by Crippen LogP contribution is -2.24. The van der Waals surface area contributed by atoms with Crippen molar-refractivity contribution in [1.29, 1.82) is 0 Å². The van der Waals surface area contributed by atoms with Crippen LogP contribution in [0, 0.1) is 6.92 Å². The number of aryl methyl sites for hydroxylation is 1. The van der Waals surface area contributed by atoms with Crippen LogP contribution in [0.3, 0.4) is 0 Å². The summed E-state index contributed by atoms with van der Waals surface area (Å²) in [7, 11) is 0. The van der Waals surface area contributed by atoms with Gasteiger partial charge in [0.2, 0.25) is 5.91 Å². The molecule has 0 saturated carbocycles. The number of halogens is 1. The number of hydrogen-bond acceptors (Lipinski definition) is 3. The van der Waals surface area contributed by atoms with E-state index < -0.39 is 0 Å². The Balaban J connectivity index is 2.03. The summed E-state index contributed by atoms with van der Waals surface area (Å²) in [5.41, 5.74) is 1.94. The number of carbonyl (C=O) groups is 1. The molecule has 1 aliphatic heterocycles. The highest BCUT2D eigenvalue weighted by atomic mass is 79.9. The first-order valence-electron chi connectivity index (χ1n) is 5.45. The molecule has 0 spiro atoms. The Morgan fingerprint density at radius 2 is 2.35 bits per heavy atom. The zero-order chi connectivity index (χ0) is 12.0. The Hall–Kier alpha value is -0.940. The first-order chi connectivity index (χ1) is 8.13. The number of anilines is 1. The van der Waals surface area contributed by atoms with Gasteiger partial charge in [-0.1, -0.05) is 15.9 Å². The highest BCUT2D eigenvalue weighted by Crippen LogP contribution is 2.29. The predicted octanol–water partition coefficient (Wildman–Crippen LogP) is 3.10. The Labute approximate surface area is 112 Å². The molecule has 17 heavy (non-hydrogen) atoms. The van der Waals surface area contributed by atoms with Crippen LogP contribution in [0.1, 0.15) is 11.4 Å². The third-order valence-corrected chi connectivity index (χ3v) is 4.43. The van der Waals surface area contributed by atoms with Gasteiger partial charge in [-0.25, -0.2) is 4.98 Å². The van der Waals surface area contributed by atoms with Gasteiger partial charge in [-0.05, 0) is 25.1 Å². The number of aromatic nitrogens is 1. The summed E-state index contributed by atoms with van der Waals surface area (Å²) in [5.74, 6) is 0.179. The topological polar surface area (TPSA) is 33.2 Å². The smallest absolute Gasteiger partial charge is 0.228 e. The third kappa shape index (κ3) is 1.98. The molecule has 1 fully saturated rings. The maximum Gasteiger partial charge on any atom is 0.228 e. The van der Waals surface area contributed by atoms with E-state index in [1.54, 1.807) is 11.3 Å². The molecule has 1 saturated heterocycles. The molecule has 1 amide bonds. The summed E-state index contributed by atoms with van der Waals surface area (Å²) in [6.07, 6.45) is 0.578. The number of fused-ring (bicyclic) bond motifs is 1. The fraction of sp³-hybridized carbons (Fsp3) is 0.333. The van der Waals surface area contributed by atoms with Gasteiger partial charge in [-0.15, -0.1) is 11.3 Å². The second-order valence-corrected chi connectivity index (χ2v) is 6.72. The van der Waals surface area contributed by atoms with Crippen LogP contribution in [-0.2, 0) is 4.79 Å². The summed E-state index contributed by atoms with van der Waals surface area (Å²) in [6, 6.07) is 6.05. The lowest BCUT2D eigenvalue weighted by Gasteiger charge is -2.15. The Morgan fingerprint density at radius 1 is 1.53 bits per heavy atom. The average molecular weight is 311 g/mol. The molecule has 1 unspecified atom stereocenters. The molecule has 1 atom stereocenters. The molecule has 0 N–H and O–H groups in total. The van der Waals surface area contributed by atoms with Crippen LogP contribution in [-0.4, -0.2) is 22.3 Å². The quantitative estimate of drug-likeness (QED) is 0.758. The molecule has 5 heteroatoms. The van der Waals surface area contributed by atoms with Crippen LogP contribution in [0.4, 0.5) is 5.69 Å². The van der Waals surface area contributed by atoms with Gasteiger partial charge < -0.3 is 4.90 Å². The number of amides is 1. The minimum atomic E-state index is 0.179. The van der Waals surface area contributed by atoms with E-state index in [-0.39, 0.29) is 10.7 Å². The van der Waals surface area contributed by atoms with Gasteiger partial charge in [0.15, 0.2) is 0 Å². The minimum Gasteiger partial charge on any atom is -0.311 e. The lowest BCUT2D eigenvalue weighted by atomic mass is 10.3. The van der Waals surface area contributed by atoms with Crippen molar-refractivity contribution >= 4 is 49.1 Å². The summed E-state index contributed by atoms with van der Waals surface area (Å²) >= 11 is 5.18. The maximum atomic E-state index is 11.8. The summed E-state index contributed by atoms with van der Waals surface area (Å²) in [4.78, 5) is 18.4. The number of rotatable bonds is 1. The zero-order valence-electron chi connectivity index (χ0n) is 9.31. The summed E-state index contributed by atoms with van der Waals surface area (Å²) in [6.45, 7) is 2.74. The van der Waals surface area contributed by atoms with Crippen LogP contribution in [0.25, 0.3) is 10.2 Å². The van der Waals surface area contributed by atoms with Gasteiger partial charge in [0.05, 0.1) is 15.2 Å². The van der Waals surface area contributed by atoms with Crippen molar-refractivity contribution in [2.75, 3.05) is 11.4 Å². The van der Waals surface area contributed by atoms with E-state index >= 15 is 0 Å². The van der Waals surface area contributed by atoms with Crippen LogP contribution in [0.2, 0.25) is 0 Å². The van der Waals surface area contributed by atoms with Crippen molar-refractivity contribution < 1.29 is 4.79 Å². The number of carbonyl (C=O) groups excluding carboxylic acids is 1. The Bertz CT molecular complexity index is 595. The summed E-state index contributed by atoms with van der Waals surface area (Å²) in [5, 5.41) is 1.06. The molecule has 2 heterocycles. The molecule has 0 aliphatic carbocycles. The molecule has 2 aromatic rings. The number of benzene rings is 1. The van der Waals surface area contributed by atoms with E-state index in [1.807, 2.05) is 30.0 Å². The van der Waals surface area contributed by atoms with E-state index in [1.165, 1.54) is 4.70 Å². The van der Waals surface area contributed by atoms with E-state index in [0.717, 1.165) is 22.8 Å². The van der Waals surface area contributed by atoms with Crippen molar-refractivity contribution in [3.05, 3.63) is 23.2 Å². The fourth-order valence-corrected chi connectivity index (χ4v) is 3.49. The largest absolute Gasteiger partial charge is 0.311 e. The van der Waals surface area contributed by atoms with Crippen LogP contribution in [0.15, 0.2) is 18.2 Å². The van der Waals surface area contributed by atoms with E-state index in [9.17, 15) is 4.79 Å². The van der Waals surface area contributed by atoms with Crippen molar-refractivity contribution in [3.8, 4) is 0 Å². The third-order valence-electron chi connectivity index (χ3n) is 2.87. The van der Waals surface area contributed by atoms with Crippen LogP contribution in [0.5, 0.6) is 0 Å². The molecule has 1 aromatic heterocycles. The van der Waals surface area contributed by atoms with E-state index in [2.05, 4.69) is 20.9 Å². The molecule has 3 rings (SSSR count). The molecule has 3 nitrogen and oxygen atoms in total. The van der Waals surface area contributed by atoms with Gasteiger partial charge in [0.1, 0.15) is 0 Å². The molecule has 1 aromatic carbocycles. The maximum absolute atomic E-state index is 11.8. The average Bonchev–Trinajstić information content (AvgIpc) is 2.78. The molecular weight excluding hydrogens is 300 g/mol. The standard InChI is InChI=1S/C12H11BrN2OS/c1-7-14-10-5-9(2-3-11(10)17-7)15-6-8(13)4-12(15)16/h2-3,5,8H,4,6H2,1H3. The highest BCUT2D eigenvalue weighted by Gasteiger charge is 2.28. The predicted molar refractivity (Wildman–Crippen MR) is 74.0 cm³/mol. The monoisotopic (exact) mass is 310 g/mol. The zero-order valence-corrected chi connectivity index (χ0v) is 11.7. The van der Waals surface area contributed by atoms with E-state index in [0.29, 0.717) is 6.42 Å². The molecule has 88 valence electrons. The number of nitrogens with zero attached hydrogens (tertiary/aromatic N) is 2. The Morgan fingerprint density at radius 3 is 3.06 bits per heavy atom. The number of alkyl halides is 1. The minimum absolute atomic E-state index is 0.179. The van der Waals surface area contributed by atoms with Crippen LogP contribution < -0.4 is 4.90 Å². The van der Waals surface area contributed by atoms with Gasteiger partial charge in [-0.2, -0.15) is 0 Å². The van der Waals surface area contributed by atoms with Crippen molar-refractivity contribution in [2.24, 2.45) is 0 Å². The molecule has 0 radical (unpaired) electrons. The Kier molecular flexibility index (Phi) is 2.67. The van der Waals surface area contributed by atoms with Gasteiger partial charge in [-0.3, -0.25) is 4.79 Å². The van der Waals surface area contributed by atoms with Crippen molar-refractivity contribution in [1.82, 2.24) is 4.98 Å². The van der Waals surface area contributed by atoms with E-state index in [4.69, 9.17) is 0 Å².